The van der Waals surface area contributed by atoms with Gasteiger partial charge >= 0.3 is 5.97 Å². The van der Waals surface area contributed by atoms with Gasteiger partial charge in [0, 0.05) is 6.42 Å². The zero-order valence-electron chi connectivity index (χ0n) is 13.5. The van der Waals surface area contributed by atoms with Gasteiger partial charge in [0.05, 0.1) is 0 Å². The third-order valence-corrected chi connectivity index (χ3v) is 4.33. The van der Waals surface area contributed by atoms with Gasteiger partial charge in [0.1, 0.15) is 6.10 Å². The van der Waals surface area contributed by atoms with Crippen LogP contribution in [0.15, 0.2) is 0 Å². The van der Waals surface area contributed by atoms with Crippen molar-refractivity contribution in [3.05, 3.63) is 0 Å². The fourth-order valence-corrected chi connectivity index (χ4v) is 3.01. The highest BCUT2D eigenvalue weighted by molar-refractivity contribution is 5.69. The molecule has 1 heterocycles. The molecule has 0 aliphatic carbocycles. The molecule has 0 radical (unpaired) electrons. The second-order valence-electron chi connectivity index (χ2n) is 6.33. The number of carbonyl (C=O) groups is 1. The largest absolute Gasteiger partial charge is 0.462 e. The minimum atomic E-state index is 0.0330. The van der Waals surface area contributed by atoms with Crippen LogP contribution in [0.1, 0.15) is 103 Å². The van der Waals surface area contributed by atoms with Crippen molar-refractivity contribution in [2.75, 3.05) is 0 Å². The second-order valence-corrected chi connectivity index (χ2v) is 6.33. The molecule has 0 bridgehead atoms. The summed E-state index contributed by atoms with van der Waals surface area (Å²) in [5.41, 5.74) is 0. The maximum absolute atomic E-state index is 11.5. The lowest BCUT2D eigenvalue weighted by Crippen LogP contribution is -2.20. The number of unbranched alkanes of at least 4 members (excludes halogenated alkanes) is 8. The molecule has 1 aliphatic heterocycles. The van der Waals surface area contributed by atoms with Gasteiger partial charge in [-0.2, -0.15) is 0 Å². The Labute approximate surface area is 125 Å². The van der Waals surface area contributed by atoms with Gasteiger partial charge in [-0.3, -0.25) is 4.79 Å². The molecule has 2 nitrogen and oxygen atoms in total. The molecule has 2 heteroatoms. The van der Waals surface area contributed by atoms with E-state index in [1.54, 1.807) is 0 Å². The predicted molar refractivity (Wildman–Crippen MR) is 84.8 cm³/mol. The Morgan fingerprint density at radius 1 is 0.900 bits per heavy atom. The molecular formula is C18H34O2. The van der Waals surface area contributed by atoms with Gasteiger partial charge in [0.25, 0.3) is 0 Å². The first kappa shape index (κ1) is 17.5. The van der Waals surface area contributed by atoms with Crippen LogP contribution in [0.2, 0.25) is 0 Å². The van der Waals surface area contributed by atoms with E-state index in [1.807, 2.05) is 0 Å². The van der Waals surface area contributed by atoms with E-state index in [-0.39, 0.29) is 12.1 Å². The van der Waals surface area contributed by atoms with Crippen molar-refractivity contribution in [2.45, 2.75) is 109 Å². The number of cyclic esters (lactones) is 1. The molecular weight excluding hydrogens is 248 g/mol. The quantitative estimate of drug-likeness (QED) is 0.375. The molecule has 0 amide bonds. The molecule has 1 saturated heterocycles. The van der Waals surface area contributed by atoms with E-state index in [4.69, 9.17) is 4.74 Å². The van der Waals surface area contributed by atoms with Crippen LogP contribution in [0.3, 0.4) is 0 Å². The predicted octanol–water partition coefficient (Wildman–Crippen LogP) is 5.78. The molecule has 0 aromatic carbocycles. The van der Waals surface area contributed by atoms with Crippen molar-refractivity contribution in [1.82, 2.24) is 0 Å². The number of esters is 1. The van der Waals surface area contributed by atoms with E-state index < -0.39 is 0 Å². The van der Waals surface area contributed by atoms with Crippen LogP contribution in [-0.4, -0.2) is 12.1 Å². The first-order valence-electron chi connectivity index (χ1n) is 9.02. The summed E-state index contributed by atoms with van der Waals surface area (Å²) >= 11 is 0. The van der Waals surface area contributed by atoms with Gasteiger partial charge in [-0.25, -0.2) is 0 Å². The molecule has 1 aliphatic rings. The highest BCUT2D eigenvalue weighted by Crippen LogP contribution is 2.19. The maximum atomic E-state index is 11.5. The van der Waals surface area contributed by atoms with Gasteiger partial charge in [-0.1, -0.05) is 64.7 Å². The number of rotatable bonds is 10. The van der Waals surface area contributed by atoms with E-state index in [1.165, 1.54) is 70.6 Å². The van der Waals surface area contributed by atoms with Crippen molar-refractivity contribution >= 4 is 5.97 Å². The smallest absolute Gasteiger partial charge is 0.306 e. The fourth-order valence-electron chi connectivity index (χ4n) is 3.01. The average molecular weight is 282 g/mol. The van der Waals surface area contributed by atoms with Crippen LogP contribution in [0, 0.1) is 0 Å². The summed E-state index contributed by atoms with van der Waals surface area (Å²) < 4.78 is 5.52. The van der Waals surface area contributed by atoms with Crippen molar-refractivity contribution in [1.29, 1.82) is 0 Å². The minimum Gasteiger partial charge on any atom is -0.462 e. The third kappa shape index (κ3) is 9.39. The van der Waals surface area contributed by atoms with Crippen molar-refractivity contribution in [3.63, 3.8) is 0 Å². The highest BCUT2D eigenvalue weighted by atomic mass is 16.5. The van der Waals surface area contributed by atoms with Crippen molar-refractivity contribution in [3.8, 4) is 0 Å². The van der Waals surface area contributed by atoms with Crippen LogP contribution < -0.4 is 0 Å². The zero-order chi connectivity index (χ0) is 14.5. The Bertz CT molecular complexity index is 238. The van der Waals surface area contributed by atoms with Gasteiger partial charge in [-0.05, 0) is 32.1 Å². The standard InChI is InChI=1S/C18H34O2/c1-2-3-4-5-6-7-8-9-11-14-17-15-12-10-13-16-18(19)20-17/h17H,2-16H2,1H3. The summed E-state index contributed by atoms with van der Waals surface area (Å²) in [7, 11) is 0. The van der Waals surface area contributed by atoms with Crippen molar-refractivity contribution in [2.24, 2.45) is 0 Å². The molecule has 1 fully saturated rings. The van der Waals surface area contributed by atoms with E-state index in [9.17, 15) is 4.79 Å². The summed E-state index contributed by atoms with van der Waals surface area (Å²) in [6.07, 6.45) is 18.7. The topological polar surface area (TPSA) is 26.3 Å². The Hall–Kier alpha value is -0.530. The van der Waals surface area contributed by atoms with Crippen LogP contribution in [0.5, 0.6) is 0 Å². The van der Waals surface area contributed by atoms with Crippen molar-refractivity contribution < 1.29 is 9.53 Å². The molecule has 20 heavy (non-hydrogen) atoms. The van der Waals surface area contributed by atoms with Crippen LogP contribution >= 0.6 is 0 Å². The SMILES string of the molecule is CCCCCCCCCCCC1CCCCCC(=O)O1. The van der Waals surface area contributed by atoms with E-state index in [0.29, 0.717) is 6.42 Å². The lowest BCUT2D eigenvalue weighted by atomic mass is 10.0. The minimum absolute atomic E-state index is 0.0330. The number of hydrogen-bond donors (Lipinski definition) is 0. The van der Waals surface area contributed by atoms with E-state index in [2.05, 4.69) is 6.92 Å². The molecule has 0 aromatic rings. The molecule has 1 rings (SSSR count). The first-order chi connectivity index (χ1) is 9.83. The summed E-state index contributed by atoms with van der Waals surface area (Å²) in [5, 5.41) is 0. The number of ether oxygens (including phenoxy) is 1. The Kier molecular flexibility index (Phi) is 10.7. The number of hydrogen-bond acceptors (Lipinski definition) is 2. The van der Waals surface area contributed by atoms with Gasteiger partial charge in [0.2, 0.25) is 0 Å². The molecule has 0 N–H and O–H groups in total. The van der Waals surface area contributed by atoms with E-state index >= 15 is 0 Å². The average Bonchev–Trinajstić information content (AvgIpc) is 2.42. The van der Waals surface area contributed by atoms with E-state index in [0.717, 1.165) is 19.3 Å². The monoisotopic (exact) mass is 282 g/mol. The summed E-state index contributed by atoms with van der Waals surface area (Å²) in [6.45, 7) is 2.27. The summed E-state index contributed by atoms with van der Waals surface area (Å²) in [5.74, 6) is 0.0330. The molecule has 0 spiro atoms. The summed E-state index contributed by atoms with van der Waals surface area (Å²) in [6, 6.07) is 0. The maximum Gasteiger partial charge on any atom is 0.306 e. The Morgan fingerprint density at radius 2 is 1.55 bits per heavy atom. The second kappa shape index (κ2) is 12.2. The van der Waals surface area contributed by atoms with Crippen LogP contribution in [-0.2, 0) is 9.53 Å². The summed E-state index contributed by atoms with van der Waals surface area (Å²) in [4.78, 5) is 11.5. The van der Waals surface area contributed by atoms with Gasteiger partial charge < -0.3 is 4.74 Å². The Morgan fingerprint density at radius 3 is 2.25 bits per heavy atom. The fraction of sp³-hybridized carbons (Fsp3) is 0.944. The third-order valence-electron chi connectivity index (χ3n) is 4.33. The van der Waals surface area contributed by atoms with Crippen LogP contribution in [0.25, 0.3) is 0 Å². The van der Waals surface area contributed by atoms with Gasteiger partial charge in [-0.15, -0.1) is 0 Å². The Balaban J connectivity index is 1.93. The number of carbonyl (C=O) groups excluding carboxylic acids is 1. The van der Waals surface area contributed by atoms with Crippen LogP contribution in [0.4, 0.5) is 0 Å². The molecule has 118 valence electrons. The normalized spacial score (nSPS) is 20.2. The zero-order valence-corrected chi connectivity index (χ0v) is 13.5. The lowest BCUT2D eigenvalue weighted by molar-refractivity contribution is -0.150. The van der Waals surface area contributed by atoms with Gasteiger partial charge in [0.15, 0.2) is 0 Å². The molecule has 0 saturated carbocycles. The molecule has 1 atom stereocenters. The molecule has 1 unspecified atom stereocenters. The first-order valence-corrected chi connectivity index (χ1v) is 9.02. The molecule has 0 aromatic heterocycles. The highest BCUT2D eigenvalue weighted by Gasteiger charge is 2.16. The lowest BCUT2D eigenvalue weighted by Gasteiger charge is -2.20.